The van der Waals surface area contributed by atoms with Gasteiger partial charge < -0.3 is 9.47 Å². The van der Waals surface area contributed by atoms with Crippen molar-refractivity contribution in [1.29, 1.82) is 0 Å². The molecule has 0 aromatic heterocycles. The van der Waals surface area contributed by atoms with E-state index in [-0.39, 0.29) is 0 Å². The van der Waals surface area contributed by atoms with Gasteiger partial charge in [0.05, 0.1) is 37.9 Å². The van der Waals surface area contributed by atoms with Crippen LogP contribution < -0.4 is 0 Å². The first-order chi connectivity index (χ1) is 24.0. The van der Waals surface area contributed by atoms with Gasteiger partial charge in [-0.25, -0.2) is 0 Å². The van der Waals surface area contributed by atoms with Gasteiger partial charge in [-0.2, -0.15) is 114 Å². The quantitative estimate of drug-likeness (QED) is 0.0882. The lowest BCUT2D eigenvalue weighted by Crippen LogP contribution is -2.70. The third-order valence-corrected chi connectivity index (χ3v) is 8.32. The first-order valence-electron chi connectivity index (χ1n) is 13.9. The standard InChI is InChI=1S/C25H16F26O4/c26-14(27,16(30,31)18(34,35)20(38,39)22(42,43)24(46,47)48)3-5-54-12(52)10-8-1-2-9(7-8)11(10)13(53)55-6-4-15(28,29)17(32,33)19(36,37)21(40,41)23(44,45)25(49,50)51/h1-2,8-11H,3-7H2/t8-,9+,10-,11-/m1/s1. The van der Waals surface area contributed by atoms with Crippen molar-refractivity contribution in [2.75, 3.05) is 13.2 Å². The van der Waals surface area contributed by atoms with Crippen LogP contribution >= 0.6 is 0 Å². The lowest BCUT2D eigenvalue weighted by Gasteiger charge is -2.39. The molecule has 2 bridgehead atoms. The predicted molar refractivity (Wildman–Crippen MR) is 120 cm³/mol. The Balaban J connectivity index is 2.19. The number of esters is 2. The van der Waals surface area contributed by atoms with Gasteiger partial charge in [0.1, 0.15) is 0 Å². The molecule has 0 saturated heterocycles. The summed E-state index contributed by atoms with van der Waals surface area (Å²) in [4.78, 5) is 25.0. The Morgan fingerprint density at radius 1 is 0.400 bits per heavy atom. The van der Waals surface area contributed by atoms with Crippen LogP contribution in [-0.4, -0.2) is 96.7 Å². The highest BCUT2D eigenvalue weighted by Crippen LogP contribution is 2.62. The smallest absolute Gasteiger partial charge is 0.460 e. The van der Waals surface area contributed by atoms with Gasteiger partial charge >= 0.3 is 83.5 Å². The molecule has 1 fully saturated rings. The first-order valence-corrected chi connectivity index (χ1v) is 13.9. The molecule has 322 valence electrons. The third-order valence-electron chi connectivity index (χ3n) is 8.32. The van der Waals surface area contributed by atoms with Gasteiger partial charge in [0, 0.05) is 0 Å². The number of hydrogen-bond acceptors (Lipinski definition) is 4. The lowest BCUT2D eigenvalue weighted by molar-refractivity contribution is -0.440. The van der Waals surface area contributed by atoms with Crippen LogP contribution in [0.4, 0.5) is 114 Å². The highest BCUT2D eigenvalue weighted by molar-refractivity contribution is 5.84. The minimum absolute atomic E-state index is 0.411. The third kappa shape index (κ3) is 7.20. The molecule has 0 spiro atoms. The van der Waals surface area contributed by atoms with Crippen molar-refractivity contribution < 1.29 is 133 Å². The SMILES string of the molecule is O=C(OCCC(F)(F)C(F)(F)C(F)(F)C(F)(F)C(F)(F)C(F)(F)F)[C@H]1[C@H](C(=O)OCCC(F)(F)C(F)(F)C(F)(F)C(F)(F)C(F)(F)C(F)(F)F)[C@H]2C=C[C@@H]1C2. The molecule has 30 heteroatoms. The summed E-state index contributed by atoms with van der Waals surface area (Å²) in [7, 11) is 0. The van der Waals surface area contributed by atoms with Crippen LogP contribution in [0.25, 0.3) is 0 Å². The van der Waals surface area contributed by atoms with Crippen molar-refractivity contribution in [3.05, 3.63) is 12.2 Å². The summed E-state index contributed by atoms with van der Waals surface area (Å²) in [6.45, 7) is -4.63. The minimum atomic E-state index is -8.25. The van der Waals surface area contributed by atoms with Crippen molar-refractivity contribution in [1.82, 2.24) is 0 Å². The number of ether oxygens (including phenoxy) is 2. The highest BCUT2D eigenvalue weighted by atomic mass is 19.4. The second-order valence-corrected chi connectivity index (χ2v) is 11.8. The predicted octanol–water partition coefficient (Wildman–Crippen LogP) is 9.77. The minimum Gasteiger partial charge on any atom is -0.465 e. The Hall–Kier alpha value is -3.14. The Bertz CT molecular complexity index is 1350. The van der Waals surface area contributed by atoms with E-state index in [2.05, 4.69) is 9.47 Å². The van der Waals surface area contributed by atoms with Crippen molar-refractivity contribution in [2.24, 2.45) is 23.7 Å². The van der Waals surface area contributed by atoms with E-state index in [0.29, 0.717) is 0 Å². The van der Waals surface area contributed by atoms with Gasteiger partial charge in [-0.15, -0.1) is 0 Å². The molecule has 0 heterocycles. The Labute approximate surface area is 286 Å². The van der Waals surface area contributed by atoms with E-state index in [0.717, 1.165) is 12.2 Å². The molecule has 0 N–H and O–H groups in total. The number of carbonyl (C=O) groups excluding carboxylic acids is 2. The fourth-order valence-corrected chi connectivity index (χ4v) is 5.14. The Kier molecular flexibility index (Phi) is 12.0. The molecule has 0 radical (unpaired) electrons. The molecule has 2 aliphatic rings. The number of hydrogen-bond donors (Lipinski definition) is 0. The van der Waals surface area contributed by atoms with E-state index in [1.165, 1.54) is 0 Å². The molecule has 4 nitrogen and oxygen atoms in total. The van der Waals surface area contributed by atoms with Gasteiger partial charge in [0.2, 0.25) is 0 Å². The first kappa shape index (κ1) is 48.0. The summed E-state index contributed by atoms with van der Waals surface area (Å²) in [5.41, 5.74) is 0. The molecule has 0 aliphatic heterocycles. The maximum Gasteiger partial charge on any atom is 0.460 e. The molecular weight excluding hydrogens is 858 g/mol. The van der Waals surface area contributed by atoms with Gasteiger partial charge in [0.15, 0.2) is 0 Å². The summed E-state index contributed by atoms with van der Waals surface area (Å²) in [6, 6.07) is 0. The van der Waals surface area contributed by atoms with Crippen LogP contribution in [0.3, 0.4) is 0 Å². The van der Waals surface area contributed by atoms with E-state index in [9.17, 15) is 124 Å². The van der Waals surface area contributed by atoms with Crippen LogP contribution in [0, 0.1) is 23.7 Å². The molecule has 2 aliphatic carbocycles. The number of allylic oxidation sites excluding steroid dienone is 2. The van der Waals surface area contributed by atoms with E-state index in [4.69, 9.17) is 0 Å². The molecule has 0 amide bonds. The van der Waals surface area contributed by atoms with E-state index >= 15 is 0 Å². The van der Waals surface area contributed by atoms with Gasteiger partial charge in [-0.3, -0.25) is 9.59 Å². The maximum absolute atomic E-state index is 14.0. The van der Waals surface area contributed by atoms with E-state index < -0.39 is 140 Å². The fraction of sp³-hybridized carbons (Fsp3) is 0.840. The van der Waals surface area contributed by atoms with Crippen LogP contribution in [0.5, 0.6) is 0 Å². The number of halogens is 26. The summed E-state index contributed by atoms with van der Waals surface area (Å²) in [6.07, 6.45) is -19.9. The largest absolute Gasteiger partial charge is 0.465 e. The molecule has 0 unspecified atom stereocenters. The molecule has 1 saturated carbocycles. The van der Waals surface area contributed by atoms with Crippen molar-refractivity contribution in [2.45, 2.75) is 90.8 Å². The van der Waals surface area contributed by atoms with E-state index in [1.54, 1.807) is 0 Å². The number of carbonyl (C=O) groups is 2. The summed E-state index contributed by atoms with van der Waals surface area (Å²) in [5.74, 6) is -89.0. The molecule has 55 heavy (non-hydrogen) atoms. The van der Waals surface area contributed by atoms with Crippen LogP contribution in [-0.2, 0) is 19.1 Å². The fourth-order valence-electron chi connectivity index (χ4n) is 5.14. The van der Waals surface area contributed by atoms with Gasteiger partial charge in [-0.1, -0.05) is 12.2 Å². The molecule has 0 aromatic rings. The van der Waals surface area contributed by atoms with Gasteiger partial charge in [-0.05, 0) is 18.3 Å². The second kappa shape index (κ2) is 13.8. The summed E-state index contributed by atoms with van der Waals surface area (Å²) in [5, 5.41) is 0. The van der Waals surface area contributed by atoms with Crippen molar-refractivity contribution >= 4 is 11.9 Å². The molecular formula is C25H16F26O4. The summed E-state index contributed by atoms with van der Waals surface area (Å²) >= 11 is 0. The molecule has 0 aromatic carbocycles. The molecule has 4 atom stereocenters. The highest BCUT2D eigenvalue weighted by Gasteiger charge is 2.92. The number of fused-ring (bicyclic) bond motifs is 2. The topological polar surface area (TPSA) is 52.6 Å². The summed E-state index contributed by atoms with van der Waals surface area (Å²) < 4.78 is 353. The zero-order valence-electron chi connectivity index (χ0n) is 25.5. The number of rotatable bonds is 16. The monoisotopic (exact) mass is 874 g/mol. The average molecular weight is 874 g/mol. The van der Waals surface area contributed by atoms with Crippen LogP contribution in [0.1, 0.15) is 19.3 Å². The normalized spacial score (nSPS) is 22.7. The van der Waals surface area contributed by atoms with Crippen LogP contribution in [0.2, 0.25) is 0 Å². The second-order valence-electron chi connectivity index (χ2n) is 11.8. The Morgan fingerprint density at radius 3 is 0.873 bits per heavy atom. The average Bonchev–Trinajstić information content (AvgIpc) is 3.61. The lowest BCUT2D eigenvalue weighted by atomic mass is 9.83. The van der Waals surface area contributed by atoms with Gasteiger partial charge in [0.25, 0.3) is 0 Å². The maximum atomic E-state index is 14.0. The van der Waals surface area contributed by atoms with Crippen molar-refractivity contribution in [3.8, 4) is 0 Å². The number of alkyl halides is 26. The Morgan fingerprint density at radius 2 is 0.636 bits per heavy atom. The zero-order valence-corrected chi connectivity index (χ0v) is 25.5. The van der Waals surface area contributed by atoms with Crippen molar-refractivity contribution in [3.63, 3.8) is 0 Å². The van der Waals surface area contributed by atoms with Crippen LogP contribution in [0.15, 0.2) is 12.2 Å². The zero-order chi connectivity index (χ0) is 43.8. The van der Waals surface area contributed by atoms with E-state index in [1.807, 2.05) is 0 Å². The molecule has 2 rings (SSSR count).